The van der Waals surface area contributed by atoms with Crippen molar-refractivity contribution < 1.29 is 32.7 Å². The van der Waals surface area contributed by atoms with Crippen molar-refractivity contribution >= 4 is 33.8 Å². The monoisotopic (exact) mass is 468 g/mol. The van der Waals surface area contributed by atoms with Crippen molar-refractivity contribution in [2.75, 3.05) is 25.4 Å². The van der Waals surface area contributed by atoms with Crippen LogP contribution in [0.3, 0.4) is 0 Å². The molecule has 2 aliphatic heterocycles. The van der Waals surface area contributed by atoms with Gasteiger partial charge in [0.2, 0.25) is 21.4 Å². The van der Waals surface area contributed by atoms with Crippen LogP contribution in [-0.4, -0.2) is 88.4 Å². The maximum absolute atomic E-state index is 12.3. The van der Waals surface area contributed by atoms with Crippen LogP contribution in [0.25, 0.3) is 0 Å². The Balaban J connectivity index is 1.53. The number of carbonyl (C=O) groups is 4. The van der Waals surface area contributed by atoms with Gasteiger partial charge >= 0.3 is 17.8 Å². The lowest BCUT2D eigenvalue weighted by Crippen LogP contribution is -2.65. The predicted octanol–water partition coefficient (Wildman–Crippen LogP) is -3.03. The maximum Gasteiger partial charge on any atom is 0.337 e. The van der Waals surface area contributed by atoms with Crippen LogP contribution in [0.1, 0.15) is 5.69 Å². The third kappa shape index (κ3) is 4.94. The number of carbonyl (C=O) groups excluding carboxylic acids is 4. The minimum Gasteiger partial charge on any atom is -0.503 e. The number of urea groups is 1. The van der Waals surface area contributed by atoms with E-state index in [0.29, 0.717) is 10.6 Å². The summed E-state index contributed by atoms with van der Waals surface area (Å²) in [6.07, 6.45) is 3.28. The fraction of sp³-hybridized carbons (Fsp3) is 0.353. The summed E-state index contributed by atoms with van der Waals surface area (Å²) in [4.78, 5) is 64.7. The standard InChI is InChI=1S/C17H20N6O8S/c18-11-9-23(14(11)26)17(29)20-32(30,31)5-1-2-21-3-4-22(16(28)15(21)27)8-10-6-12(24)13(25)7-19-10/h1-2,6-7,11,25H,3-5,8-9,18H2,(H,19,24)(H,20,29). The second-order valence-electron chi connectivity index (χ2n) is 7.06. The van der Waals surface area contributed by atoms with Crippen LogP contribution in [0.5, 0.6) is 5.75 Å². The Kier molecular flexibility index (Phi) is 6.31. The van der Waals surface area contributed by atoms with Crippen molar-refractivity contribution in [1.82, 2.24) is 24.4 Å². The van der Waals surface area contributed by atoms with E-state index in [1.165, 1.54) is 4.90 Å². The predicted molar refractivity (Wildman–Crippen MR) is 107 cm³/mol. The Labute approximate surface area is 181 Å². The SMILES string of the molecule is NC1CN(C(=O)NS(=O)(=O)CC=CN2CCN(Cc3cc(=O)c(O)c[nH]3)C(=O)C2=O)C1=O. The number of β-lactam (4-membered cyclic amide) rings is 1. The number of nitrogens with one attached hydrogen (secondary N) is 2. The molecule has 15 heteroatoms. The molecule has 0 bridgehead atoms. The Morgan fingerprint density at radius 2 is 1.97 bits per heavy atom. The van der Waals surface area contributed by atoms with E-state index < -0.39 is 56.7 Å². The number of nitrogens with two attached hydrogens (primary N) is 1. The number of piperazine rings is 1. The van der Waals surface area contributed by atoms with Gasteiger partial charge in [0.1, 0.15) is 6.04 Å². The lowest BCUT2D eigenvalue weighted by molar-refractivity contribution is -0.154. The van der Waals surface area contributed by atoms with Crippen molar-refractivity contribution in [2.24, 2.45) is 5.73 Å². The lowest BCUT2D eigenvalue weighted by Gasteiger charge is -2.33. The molecule has 2 aliphatic rings. The number of aromatic amines is 1. The molecule has 1 atom stereocenters. The van der Waals surface area contributed by atoms with Crippen molar-refractivity contribution in [3.63, 3.8) is 0 Å². The summed E-state index contributed by atoms with van der Waals surface area (Å²) in [7, 11) is -4.14. The number of pyridine rings is 1. The molecule has 0 radical (unpaired) electrons. The fourth-order valence-corrected chi connectivity index (χ4v) is 3.75. The molecule has 32 heavy (non-hydrogen) atoms. The zero-order valence-corrected chi connectivity index (χ0v) is 17.4. The topological polar surface area (TPSA) is 203 Å². The number of sulfonamides is 1. The van der Waals surface area contributed by atoms with Gasteiger partial charge in [-0.2, -0.15) is 0 Å². The molecule has 1 unspecified atom stereocenters. The summed E-state index contributed by atoms with van der Waals surface area (Å²) in [6, 6.07) is -0.836. The molecular weight excluding hydrogens is 448 g/mol. The fourth-order valence-electron chi connectivity index (χ4n) is 2.95. The first kappa shape index (κ1) is 23.0. The second-order valence-corrected chi connectivity index (χ2v) is 8.83. The number of aromatic nitrogens is 1. The molecule has 0 aromatic carbocycles. The van der Waals surface area contributed by atoms with Crippen molar-refractivity contribution in [3.8, 4) is 5.75 Å². The van der Waals surface area contributed by atoms with Crippen molar-refractivity contribution in [2.45, 2.75) is 12.6 Å². The number of amides is 5. The third-order valence-corrected chi connectivity index (χ3v) is 5.82. The summed E-state index contributed by atoms with van der Waals surface area (Å²) < 4.78 is 25.7. The second kappa shape index (κ2) is 8.80. The highest BCUT2D eigenvalue weighted by atomic mass is 32.2. The Morgan fingerprint density at radius 3 is 2.59 bits per heavy atom. The summed E-state index contributed by atoms with van der Waals surface area (Å²) in [5, 5.41) is 9.25. The van der Waals surface area contributed by atoms with Gasteiger partial charge in [-0.05, 0) is 0 Å². The molecule has 14 nitrogen and oxygen atoms in total. The highest BCUT2D eigenvalue weighted by Crippen LogP contribution is 2.11. The Bertz CT molecular complexity index is 1160. The normalized spacial score (nSPS) is 19.5. The molecular formula is C17H20N6O8S. The van der Waals surface area contributed by atoms with Crippen molar-refractivity contribution in [1.29, 1.82) is 0 Å². The zero-order chi connectivity index (χ0) is 23.6. The highest BCUT2D eigenvalue weighted by molar-refractivity contribution is 7.90. The average molecular weight is 468 g/mol. The average Bonchev–Trinajstić information content (AvgIpc) is 2.73. The molecule has 5 N–H and O–H groups in total. The Morgan fingerprint density at radius 1 is 1.25 bits per heavy atom. The largest absolute Gasteiger partial charge is 0.503 e. The maximum atomic E-state index is 12.3. The van der Waals surface area contributed by atoms with Gasteiger partial charge in [0.05, 0.1) is 18.8 Å². The van der Waals surface area contributed by atoms with E-state index in [9.17, 15) is 37.5 Å². The van der Waals surface area contributed by atoms with Crippen LogP contribution in [-0.2, 0) is 31.0 Å². The molecule has 2 saturated heterocycles. The van der Waals surface area contributed by atoms with Gasteiger partial charge < -0.3 is 25.6 Å². The van der Waals surface area contributed by atoms with Crippen LogP contribution < -0.4 is 15.9 Å². The van der Waals surface area contributed by atoms with Crippen molar-refractivity contribution in [3.05, 3.63) is 40.5 Å². The summed E-state index contributed by atoms with van der Waals surface area (Å²) >= 11 is 0. The lowest BCUT2D eigenvalue weighted by atomic mass is 10.1. The first-order valence-corrected chi connectivity index (χ1v) is 10.9. The minimum atomic E-state index is -4.14. The number of imide groups is 1. The van der Waals surface area contributed by atoms with Crippen LogP contribution >= 0.6 is 0 Å². The molecule has 0 aliphatic carbocycles. The van der Waals surface area contributed by atoms with Gasteiger partial charge in [-0.3, -0.25) is 24.1 Å². The number of H-pyrrole nitrogens is 1. The minimum absolute atomic E-state index is 0.0586. The van der Waals surface area contributed by atoms with E-state index in [-0.39, 0.29) is 26.2 Å². The van der Waals surface area contributed by atoms with Crippen LogP contribution in [0.2, 0.25) is 0 Å². The quantitative estimate of drug-likeness (QED) is 0.247. The summed E-state index contributed by atoms with van der Waals surface area (Å²) in [6.45, 7) is 0.0283. The van der Waals surface area contributed by atoms with E-state index in [1.54, 1.807) is 4.72 Å². The van der Waals surface area contributed by atoms with Crippen LogP contribution in [0.4, 0.5) is 4.79 Å². The molecule has 2 fully saturated rings. The van der Waals surface area contributed by atoms with Gasteiger partial charge in [0.25, 0.3) is 0 Å². The molecule has 1 aromatic rings. The first-order chi connectivity index (χ1) is 15.0. The molecule has 3 rings (SSSR count). The number of nitrogens with zero attached hydrogens (tertiary/aromatic N) is 3. The molecule has 3 heterocycles. The third-order valence-electron chi connectivity index (χ3n) is 4.71. The summed E-state index contributed by atoms with van der Waals surface area (Å²) in [5.74, 6) is -3.61. The molecule has 5 amide bonds. The van der Waals surface area contributed by atoms with Gasteiger partial charge in [0.15, 0.2) is 5.75 Å². The first-order valence-electron chi connectivity index (χ1n) is 9.27. The van der Waals surface area contributed by atoms with Gasteiger partial charge in [-0.1, -0.05) is 6.08 Å². The van der Waals surface area contributed by atoms with E-state index in [2.05, 4.69) is 4.98 Å². The van der Waals surface area contributed by atoms with E-state index in [1.807, 2.05) is 0 Å². The number of likely N-dealkylation sites (tertiary alicyclic amines) is 1. The summed E-state index contributed by atoms with van der Waals surface area (Å²) in [5.41, 5.74) is 5.03. The van der Waals surface area contributed by atoms with E-state index in [0.717, 1.165) is 29.4 Å². The van der Waals surface area contributed by atoms with Crippen LogP contribution in [0.15, 0.2) is 29.3 Å². The van der Waals surface area contributed by atoms with E-state index >= 15 is 0 Å². The number of rotatable bonds is 6. The molecule has 172 valence electrons. The number of aromatic hydroxyl groups is 1. The van der Waals surface area contributed by atoms with Gasteiger partial charge in [-0.15, -0.1) is 0 Å². The number of hydrogen-bond donors (Lipinski definition) is 4. The zero-order valence-electron chi connectivity index (χ0n) is 16.6. The van der Waals surface area contributed by atoms with E-state index in [4.69, 9.17) is 5.73 Å². The van der Waals surface area contributed by atoms with Gasteiger partial charge in [-0.25, -0.2) is 17.9 Å². The highest BCUT2D eigenvalue weighted by Gasteiger charge is 2.39. The van der Waals surface area contributed by atoms with Gasteiger partial charge in [0, 0.05) is 37.2 Å². The number of hydrogen-bond acceptors (Lipinski definition) is 9. The smallest absolute Gasteiger partial charge is 0.337 e. The van der Waals surface area contributed by atoms with Crippen LogP contribution in [0, 0.1) is 0 Å². The molecule has 0 spiro atoms. The Hall–Kier alpha value is -3.72. The molecule has 0 saturated carbocycles. The molecule has 1 aromatic heterocycles.